The van der Waals surface area contributed by atoms with Crippen molar-refractivity contribution in [3.63, 3.8) is 0 Å². The Bertz CT molecular complexity index is 490. The van der Waals surface area contributed by atoms with E-state index in [1.165, 1.54) is 0 Å². The van der Waals surface area contributed by atoms with E-state index < -0.39 is 0 Å². The summed E-state index contributed by atoms with van der Waals surface area (Å²) >= 11 is 0. The number of ether oxygens (including phenoxy) is 1. The third kappa shape index (κ3) is 2.06. The normalized spacial score (nSPS) is 10.6. The van der Waals surface area contributed by atoms with Gasteiger partial charge in [-0.05, 0) is 6.07 Å². The van der Waals surface area contributed by atoms with Crippen molar-refractivity contribution in [3.8, 4) is 0 Å². The summed E-state index contributed by atoms with van der Waals surface area (Å²) in [6.07, 6.45) is 2.11. The van der Waals surface area contributed by atoms with Crippen LogP contribution in [-0.4, -0.2) is 29.3 Å². The van der Waals surface area contributed by atoms with E-state index in [9.17, 15) is 4.79 Å². The van der Waals surface area contributed by atoms with E-state index in [0.29, 0.717) is 12.0 Å². The lowest BCUT2D eigenvalue weighted by Crippen LogP contribution is -2.06. The third-order valence-electron chi connectivity index (χ3n) is 2.34. The minimum Gasteiger partial charge on any atom is -0.462 e. The second-order valence-corrected chi connectivity index (χ2v) is 3.46. The summed E-state index contributed by atoms with van der Waals surface area (Å²) in [5.41, 5.74) is 1.45. The van der Waals surface area contributed by atoms with Crippen molar-refractivity contribution in [2.45, 2.75) is 6.42 Å². The van der Waals surface area contributed by atoms with Crippen molar-refractivity contribution in [1.82, 2.24) is 4.98 Å². The Kier molecular flexibility index (Phi) is 3.22. The molecule has 0 radical (unpaired) electrons. The summed E-state index contributed by atoms with van der Waals surface area (Å²) in [6, 6.07) is 7.55. The quantitative estimate of drug-likeness (QED) is 0.607. The van der Waals surface area contributed by atoms with Gasteiger partial charge in [0.25, 0.3) is 0 Å². The molecule has 0 bridgehead atoms. The summed E-state index contributed by atoms with van der Waals surface area (Å²) in [5, 5.41) is 9.44. The summed E-state index contributed by atoms with van der Waals surface area (Å²) in [4.78, 5) is 14.7. The van der Waals surface area contributed by atoms with Crippen molar-refractivity contribution in [1.29, 1.82) is 0 Å². The van der Waals surface area contributed by atoms with Crippen molar-refractivity contribution < 1.29 is 14.6 Å². The SMILES string of the molecule is O=C(OCCCO)c1c[nH]c2ccccc12. The molecule has 0 aliphatic heterocycles. The first-order valence-corrected chi connectivity index (χ1v) is 5.17. The van der Waals surface area contributed by atoms with Gasteiger partial charge in [-0.1, -0.05) is 18.2 Å². The molecule has 0 fully saturated rings. The van der Waals surface area contributed by atoms with Gasteiger partial charge in [0.05, 0.1) is 12.2 Å². The molecule has 0 aliphatic rings. The second-order valence-electron chi connectivity index (χ2n) is 3.46. The molecular formula is C12H13NO3. The van der Waals surface area contributed by atoms with Gasteiger partial charge in [0.2, 0.25) is 0 Å². The lowest BCUT2D eigenvalue weighted by Gasteiger charge is -2.01. The first-order valence-electron chi connectivity index (χ1n) is 5.17. The van der Waals surface area contributed by atoms with Crippen LogP contribution in [0.2, 0.25) is 0 Å². The Labute approximate surface area is 92.9 Å². The number of hydrogen-bond acceptors (Lipinski definition) is 3. The predicted molar refractivity (Wildman–Crippen MR) is 60.3 cm³/mol. The van der Waals surface area contributed by atoms with Crippen LogP contribution in [-0.2, 0) is 4.74 Å². The largest absolute Gasteiger partial charge is 0.462 e. The molecule has 2 N–H and O–H groups in total. The summed E-state index contributed by atoms with van der Waals surface area (Å²) < 4.78 is 5.02. The van der Waals surface area contributed by atoms with Crippen molar-refractivity contribution in [2.75, 3.05) is 13.2 Å². The first kappa shape index (κ1) is 10.7. The predicted octanol–water partition coefficient (Wildman–Crippen LogP) is 1.71. The number of carbonyl (C=O) groups excluding carboxylic acids is 1. The lowest BCUT2D eigenvalue weighted by molar-refractivity contribution is 0.0484. The lowest BCUT2D eigenvalue weighted by atomic mass is 10.2. The van der Waals surface area contributed by atoms with Crippen LogP contribution >= 0.6 is 0 Å². The van der Waals surface area contributed by atoms with Gasteiger partial charge in [-0.25, -0.2) is 4.79 Å². The van der Waals surface area contributed by atoms with Gasteiger partial charge in [0.1, 0.15) is 0 Å². The van der Waals surface area contributed by atoms with Crippen LogP contribution in [0.1, 0.15) is 16.8 Å². The summed E-state index contributed by atoms with van der Waals surface area (Å²) in [7, 11) is 0. The molecular weight excluding hydrogens is 206 g/mol. The third-order valence-corrected chi connectivity index (χ3v) is 2.34. The molecule has 1 aromatic heterocycles. The molecule has 1 heterocycles. The van der Waals surface area contributed by atoms with Crippen LogP contribution < -0.4 is 0 Å². The van der Waals surface area contributed by atoms with Gasteiger partial charge in [0, 0.05) is 30.1 Å². The van der Waals surface area contributed by atoms with Crippen LogP contribution in [0.3, 0.4) is 0 Å². The number of para-hydroxylation sites is 1. The molecule has 0 aliphatic carbocycles. The van der Waals surface area contributed by atoms with E-state index >= 15 is 0 Å². The van der Waals surface area contributed by atoms with Gasteiger partial charge < -0.3 is 14.8 Å². The maximum Gasteiger partial charge on any atom is 0.340 e. The molecule has 2 rings (SSSR count). The molecule has 0 spiro atoms. The zero-order valence-corrected chi connectivity index (χ0v) is 8.77. The van der Waals surface area contributed by atoms with Crippen LogP contribution in [0.4, 0.5) is 0 Å². The molecule has 0 saturated heterocycles. The van der Waals surface area contributed by atoms with E-state index in [1.54, 1.807) is 6.20 Å². The average molecular weight is 219 g/mol. The highest BCUT2D eigenvalue weighted by molar-refractivity contribution is 6.03. The zero-order valence-electron chi connectivity index (χ0n) is 8.77. The molecule has 2 aromatic rings. The molecule has 0 atom stereocenters. The number of aliphatic hydroxyl groups is 1. The number of aromatic amines is 1. The molecule has 4 heteroatoms. The van der Waals surface area contributed by atoms with E-state index in [1.807, 2.05) is 24.3 Å². The number of aliphatic hydroxyl groups excluding tert-OH is 1. The first-order chi connectivity index (χ1) is 7.83. The Hall–Kier alpha value is -1.81. The topological polar surface area (TPSA) is 62.3 Å². The Morgan fingerprint density at radius 1 is 1.38 bits per heavy atom. The fourth-order valence-corrected chi connectivity index (χ4v) is 1.55. The van der Waals surface area contributed by atoms with E-state index in [2.05, 4.69) is 4.98 Å². The monoisotopic (exact) mass is 219 g/mol. The number of rotatable bonds is 4. The number of fused-ring (bicyclic) bond motifs is 1. The number of nitrogens with one attached hydrogen (secondary N) is 1. The van der Waals surface area contributed by atoms with Crippen LogP contribution in [0, 0.1) is 0 Å². The summed E-state index contributed by atoms with van der Waals surface area (Å²) in [5.74, 6) is -0.356. The van der Waals surface area contributed by atoms with Gasteiger partial charge in [-0.15, -0.1) is 0 Å². The fraction of sp³-hybridized carbons (Fsp3) is 0.250. The van der Waals surface area contributed by atoms with Crippen molar-refractivity contribution >= 4 is 16.9 Å². The van der Waals surface area contributed by atoms with Gasteiger partial charge >= 0.3 is 5.97 Å². The van der Waals surface area contributed by atoms with Gasteiger partial charge in [-0.2, -0.15) is 0 Å². The number of benzene rings is 1. The highest BCUT2D eigenvalue weighted by Gasteiger charge is 2.12. The molecule has 84 valence electrons. The van der Waals surface area contributed by atoms with Crippen molar-refractivity contribution in [3.05, 3.63) is 36.0 Å². The minimum atomic E-state index is -0.356. The Morgan fingerprint density at radius 2 is 2.19 bits per heavy atom. The zero-order chi connectivity index (χ0) is 11.4. The van der Waals surface area contributed by atoms with E-state index in [4.69, 9.17) is 9.84 Å². The Balaban J connectivity index is 2.17. The van der Waals surface area contributed by atoms with E-state index in [0.717, 1.165) is 10.9 Å². The maximum atomic E-state index is 11.7. The molecule has 0 amide bonds. The molecule has 1 aromatic carbocycles. The summed E-state index contributed by atoms with van der Waals surface area (Å²) in [6.45, 7) is 0.274. The van der Waals surface area contributed by atoms with Crippen molar-refractivity contribution in [2.24, 2.45) is 0 Å². The highest BCUT2D eigenvalue weighted by Crippen LogP contribution is 2.18. The van der Waals surface area contributed by atoms with Crippen LogP contribution in [0.25, 0.3) is 10.9 Å². The fourth-order valence-electron chi connectivity index (χ4n) is 1.55. The minimum absolute atomic E-state index is 0.0289. The van der Waals surface area contributed by atoms with Crippen LogP contribution in [0.15, 0.2) is 30.5 Å². The Morgan fingerprint density at radius 3 is 3.00 bits per heavy atom. The smallest absolute Gasteiger partial charge is 0.340 e. The number of esters is 1. The van der Waals surface area contributed by atoms with Gasteiger partial charge in [-0.3, -0.25) is 0 Å². The number of H-pyrrole nitrogens is 1. The van der Waals surface area contributed by atoms with Crippen LogP contribution in [0.5, 0.6) is 0 Å². The number of carbonyl (C=O) groups is 1. The molecule has 16 heavy (non-hydrogen) atoms. The second kappa shape index (κ2) is 4.81. The average Bonchev–Trinajstić information content (AvgIpc) is 2.73. The standard InChI is InChI=1S/C12H13NO3/c14-6-3-7-16-12(15)10-8-13-11-5-2-1-4-9(10)11/h1-2,4-5,8,13-14H,3,6-7H2. The molecule has 4 nitrogen and oxygen atoms in total. The molecule has 0 saturated carbocycles. The number of hydrogen-bond donors (Lipinski definition) is 2. The van der Waals surface area contributed by atoms with E-state index in [-0.39, 0.29) is 19.2 Å². The number of aromatic nitrogens is 1. The van der Waals surface area contributed by atoms with Gasteiger partial charge in [0.15, 0.2) is 0 Å². The highest BCUT2D eigenvalue weighted by atomic mass is 16.5. The molecule has 0 unspecified atom stereocenters. The maximum absolute atomic E-state index is 11.7.